The van der Waals surface area contributed by atoms with Gasteiger partial charge in [0.2, 0.25) is 5.91 Å². The molecule has 1 amide bonds. The van der Waals surface area contributed by atoms with Crippen LogP contribution < -0.4 is 5.32 Å². The van der Waals surface area contributed by atoms with Gasteiger partial charge in [-0.2, -0.15) is 0 Å². The molecule has 0 radical (unpaired) electrons. The lowest BCUT2D eigenvalue weighted by molar-refractivity contribution is -0.119. The van der Waals surface area contributed by atoms with Crippen LogP contribution in [0.2, 0.25) is 0 Å². The summed E-state index contributed by atoms with van der Waals surface area (Å²) in [5.41, 5.74) is 2.59. The molecule has 0 atom stereocenters. The molecule has 0 saturated heterocycles. The number of allylic oxidation sites excluding steroid dienone is 1. The largest absolute Gasteiger partial charge is 0.308 e. The number of nitrogens with one attached hydrogen (secondary N) is 1. The van der Waals surface area contributed by atoms with Gasteiger partial charge in [0.1, 0.15) is 0 Å². The Morgan fingerprint density at radius 1 is 1.25 bits per heavy atom. The Labute approximate surface area is 140 Å². The van der Waals surface area contributed by atoms with Gasteiger partial charge in [-0.25, -0.2) is 4.68 Å². The van der Waals surface area contributed by atoms with Crippen molar-refractivity contribution in [1.29, 1.82) is 0 Å². The molecule has 2 aromatic rings. The van der Waals surface area contributed by atoms with E-state index in [9.17, 15) is 9.59 Å². The van der Waals surface area contributed by atoms with Crippen molar-refractivity contribution in [2.75, 3.05) is 5.32 Å². The van der Waals surface area contributed by atoms with Crippen molar-refractivity contribution < 1.29 is 9.59 Å². The predicted molar refractivity (Wildman–Crippen MR) is 91.3 cm³/mol. The SMILES string of the molecule is CC(C)n1cc(NC(=O)CC2=C(c3ccccc3)CCC2=O)nn1. The number of nitrogens with zero attached hydrogens (tertiary/aromatic N) is 3. The number of anilines is 1. The van der Waals surface area contributed by atoms with Crippen LogP contribution in [-0.2, 0) is 9.59 Å². The van der Waals surface area contributed by atoms with Crippen molar-refractivity contribution in [1.82, 2.24) is 15.0 Å². The molecule has 0 fully saturated rings. The van der Waals surface area contributed by atoms with Crippen LogP contribution in [0.5, 0.6) is 0 Å². The highest BCUT2D eigenvalue weighted by Crippen LogP contribution is 2.33. The average molecular weight is 324 g/mol. The number of hydrogen-bond acceptors (Lipinski definition) is 4. The van der Waals surface area contributed by atoms with E-state index in [0.717, 1.165) is 11.1 Å². The molecule has 0 spiro atoms. The molecule has 124 valence electrons. The van der Waals surface area contributed by atoms with E-state index in [1.807, 2.05) is 44.2 Å². The molecule has 6 heteroatoms. The van der Waals surface area contributed by atoms with E-state index in [-0.39, 0.29) is 24.2 Å². The van der Waals surface area contributed by atoms with Crippen molar-refractivity contribution in [2.24, 2.45) is 0 Å². The van der Waals surface area contributed by atoms with E-state index in [0.29, 0.717) is 24.2 Å². The number of rotatable bonds is 5. The number of Topliss-reactive ketones (excluding diaryl/α,β-unsaturated/α-hetero) is 1. The zero-order valence-corrected chi connectivity index (χ0v) is 13.8. The zero-order chi connectivity index (χ0) is 17.1. The van der Waals surface area contributed by atoms with Gasteiger partial charge in [0.15, 0.2) is 11.6 Å². The van der Waals surface area contributed by atoms with E-state index >= 15 is 0 Å². The lowest BCUT2D eigenvalue weighted by Crippen LogP contribution is -2.15. The van der Waals surface area contributed by atoms with Crippen LogP contribution in [0.4, 0.5) is 5.82 Å². The molecule has 3 rings (SSSR count). The van der Waals surface area contributed by atoms with Gasteiger partial charge in [-0.15, -0.1) is 5.10 Å². The van der Waals surface area contributed by atoms with Gasteiger partial charge in [0.05, 0.1) is 12.6 Å². The second-order valence-electron chi connectivity index (χ2n) is 6.15. The van der Waals surface area contributed by atoms with Crippen molar-refractivity contribution in [2.45, 2.75) is 39.2 Å². The Balaban J connectivity index is 1.75. The van der Waals surface area contributed by atoms with Crippen LogP contribution in [0, 0.1) is 0 Å². The first-order valence-electron chi connectivity index (χ1n) is 8.07. The van der Waals surface area contributed by atoms with Crippen LogP contribution in [0.1, 0.15) is 44.7 Å². The van der Waals surface area contributed by atoms with E-state index in [2.05, 4.69) is 15.6 Å². The minimum absolute atomic E-state index is 0.0508. The van der Waals surface area contributed by atoms with Crippen molar-refractivity contribution >= 4 is 23.1 Å². The maximum Gasteiger partial charge on any atom is 0.230 e. The lowest BCUT2D eigenvalue weighted by Gasteiger charge is -2.07. The summed E-state index contributed by atoms with van der Waals surface area (Å²) >= 11 is 0. The number of amides is 1. The topological polar surface area (TPSA) is 76.9 Å². The third kappa shape index (κ3) is 3.42. The highest BCUT2D eigenvalue weighted by atomic mass is 16.2. The minimum atomic E-state index is -0.246. The Morgan fingerprint density at radius 3 is 2.67 bits per heavy atom. The van der Waals surface area contributed by atoms with Gasteiger partial charge < -0.3 is 5.32 Å². The standard InChI is InChI=1S/C18H20N4O2/c1-12(2)22-11-17(20-21-22)19-18(24)10-15-14(8-9-16(15)23)13-6-4-3-5-7-13/h3-7,11-12H,8-10H2,1-2H3,(H,19,24). The van der Waals surface area contributed by atoms with Crippen molar-refractivity contribution in [3.63, 3.8) is 0 Å². The molecule has 0 bridgehead atoms. The normalized spacial score (nSPS) is 14.5. The van der Waals surface area contributed by atoms with Crippen molar-refractivity contribution in [3.05, 3.63) is 47.7 Å². The van der Waals surface area contributed by atoms with Gasteiger partial charge in [0.25, 0.3) is 0 Å². The second-order valence-corrected chi connectivity index (χ2v) is 6.15. The number of hydrogen-bond donors (Lipinski definition) is 1. The van der Waals surface area contributed by atoms with Gasteiger partial charge in [-0.05, 0) is 31.4 Å². The van der Waals surface area contributed by atoms with Crippen LogP contribution in [0.25, 0.3) is 5.57 Å². The molecule has 1 N–H and O–H groups in total. The van der Waals surface area contributed by atoms with Gasteiger partial charge in [-0.3, -0.25) is 9.59 Å². The molecule has 1 aliphatic rings. The van der Waals surface area contributed by atoms with E-state index in [4.69, 9.17) is 0 Å². The summed E-state index contributed by atoms with van der Waals surface area (Å²) in [6.07, 6.45) is 2.91. The number of carbonyl (C=O) groups is 2. The molecule has 6 nitrogen and oxygen atoms in total. The third-order valence-electron chi connectivity index (χ3n) is 4.07. The van der Waals surface area contributed by atoms with Gasteiger partial charge in [-0.1, -0.05) is 35.5 Å². The average Bonchev–Trinajstić information content (AvgIpc) is 3.16. The molecular weight excluding hydrogens is 304 g/mol. The Bertz CT molecular complexity index is 790. The smallest absolute Gasteiger partial charge is 0.230 e. The number of benzene rings is 1. The summed E-state index contributed by atoms with van der Waals surface area (Å²) in [5, 5.41) is 10.6. The van der Waals surface area contributed by atoms with E-state index in [1.165, 1.54) is 0 Å². The Morgan fingerprint density at radius 2 is 2.00 bits per heavy atom. The summed E-state index contributed by atoms with van der Waals surface area (Å²) in [5.74, 6) is 0.209. The number of carbonyl (C=O) groups excluding carboxylic acids is 2. The van der Waals surface area contributed by atoms with Crippen LogP contribution >= 0.6 is 0 Å². The summed E-state index contributed by atoms with van der Waals surface area (Å²) in [6, 6.07) is 9.93. The molecule has 1 aromatic heterocycles. The van der Waals surface area contributed by atoms with Crippen molar-refractivity contribution in [3.8, 4) is 0 Å². The Kier molecular flexibility index (Phi) is 4.55. The van der Waals surface area contributed by atoms with Gasteiger partial charge >= 0.3 is 0 Å². The summed E-state index contributed by atoms with van der Waals surface area (Å²) in [4.78, 5) is 24.5. The predicted octanol–water partition coefficient (Wildman–Crippen LogP) is 3.00. The maximum atomic E-state index is 12.3. The minimum Gasteiger partial charge on any atom is -0.308 e. The summed E-state index contributed by atoms with van der Waals surface area (Å²) < 4.78 is 1.67. The molecule has 0 aliphatic heterocycles. The first-order valence-corrected chi connectivity index (χ1v) is 8.07. The van der Waals surface area contributed by atoms with Crippen LogP contribution in [-0.4, -0.2) is 26.7 Å². The molecule has 0 saturated carbocycles. The fraction of sp³-hybridized carbons (Fsp3) is 0.333. The molecule has 1 heterocycles. The quantitative estimate of drug-likeness (QED) is 0.917. The first kappa shape index (κ1) is 16.1. The van der Waals surface area contributed by atoms with Crippen LogP contribution in [0.3, 0.4) is 0 Å². The van der Waals surface area contributed by atoms with E-state index in [1.54, 1.807) is 10.9 Å². The highest BCUT2D eigenvalue weighted by Gasteiger charge is 2.25. The van der Waals surface area contributed by atoms with E-state index < -0.39 is 0 Å². The highest BCUT2D eigenvalue weighted by molar-refractivity contribution is 6.11. The number of ketones is 1. The zero-order valence-electron chi connectivity index (χ0n) is 13.8. The maximum absolute atomic E-state index is 12.3. The first-order chi connectivity index (χ1) is 11.5. The molecule has 0 unspecified atom stereocenters. The fourth-order valence-electron chi connectivity index (χ4n) is 2.81. The molecule has 1 aromatic carbocycles. The van der Waals surface area contributed by atoms with Gasteiger partial charge in [0, 0.05) is 18.0 Å². The third-order valence-corrected chi connectivity index (χ3v) is 4.07. The lowest BCUT2D eigenvalue weighted by atomic mass is 10.00. The second kappa shape index (κ2) is 6.78. The monoisotopic (exact) mass is 324 g/mol. The molecule has 1 aliphatic carbocycles. The number of aromatic nitrogens is 3. The summed E-state index contributed by atoms with van der Waals surface area (Å²) in [6.45, 7) is 3.96. The van der Waals surface area contributed by atoms with Crippen LogP contribution in [0.15, 0.2) is 42.1 Å². The molecule has 24 heavy (non-hydrogen) atoms. The summed E-state index contributed by atoms with van der Waals surface area (Å²) in [7, 11) is 0. The fourth-order valence-corrected chi connectivity index (χ4v) is 2.81. The Hall–Kier alpha value is -2.76. The molecular formula is C18H20N4O2.